The van der Waals surface area contributed by atoms with Gasteiger partial charge in [0.05, 0.1) is 11.7 Å². The molecule has 0 saturated heterocycles. The quantitative estimate of drug-likeness (QED) is 0.127. The second kappa shape index (κ2) is 16.1. The number of carbonyl (C=O) groups excluding carboxylic acids is 2. The standard InChI is InChI=1S/C37H54O6/c1-11-24-35(6,7)33(38)22-23-34(39)42-27(4)25-40-31-18-14-29(15-19-31)36(8,9)30-16-20-32(21-17-30)41-26-28(5)43-37(10,12-2)13-3/h14-23,27-28H,11-13,24-26H2,1-10H3/b23-22+. The Balaban J connectivity index is 1.89. The van der Waals surface area contributed by atoms with Crippen LogP contribution in [-0.4, -0.2) is 42.8 Å². The molecule has 0 N–H and O–H groups in total. The van der Waals surface area contributed by atoms with Crippen molar-refractivity contribution in [1.82, 2.24) is 0 Å². The minimum atomic E-state index is -0.552. The summed E-state index contributed by atoms with van der Waals surface area (Å²) in [6.45, 7) is 21.2. The van der Waals surface area contributed by atoms with E-state index in [9.17, 15) is 9.59 Å². The molecule has 0 heterocycles. The molecule has 6 heteroatoms. The lowest BCUT2D eigenvalue weighted by Crippen LogP contribution is -2.34. The number of ketones is 1. The number of carbonyl (C=O) groups is 2. The zero-order valence-corrected chi connectivity index (χ0v) is 28.1. The van der Waals surface area contributed by atoms with E-state index in [2.05, 4.69) is 65.8 Å². The second-order valence-corrected chi connectivity index (χ2v) is 13.0. The molecule has 2 aromatic carbocycles. The maximum Gasteiger partial charge on any atom is 0.331 e. The molecule has 0 spiro atoms. The van der Waals surface area contributed by atoms with Crippen molar-refractivity contribution in [3.8, 4) is 11.5 Å². The summed E-state index contributed by atoms with van der Waals surface area (Å²) in [5.74, 6) is 0.885. The third-order valence-corrected chi connectivity index (χ3v) is 8.33. The van der Waals surface area contributed by atoms with Gasteiger partial charge >= 0.3 is 5.97 Å². The van der Waals surface area contributed by atoms with Crippen LogP contribution in [0.3, 0.4) is 0 Å². The van der Waals surface area contributed by atoms with E-state index in [0.29, 0.717) is 12.4 Å². The zero-order chi connectivity index (χ0) is 32.3. The van der Waals surface area contributed by atoms with E-state index in [0.717, 1.165) is 37.0 Å². The molecule has 2 atom stereocenters. The fraction of sp³-hybridized carbons (Fsp3) is 0.568. The summed E-state index contributed by atoms with van der Waals surface area (Å²) in [5.41, 5.74) is 1.49. The Kier molecular flexibility index (Phi) is 13.5. The summed E-state index contributed by atoms with van der Waals surface area (Å²) >= 11 is 0. The highest BCUT2D eigenvalue weighted by Crippen LogP contribution is 2.33. The molecule has 238 valence electrons. The summed E-state index contributed by atoms with van der Waals surface area (Å²) in [4.78, 5) is 24.5. The summed E-state index contributed by atoms with van der Waals surface area (Å²) in [6, 6.07) is 16.2. The lowest BCUT2D eigenvalue weighted by molar-refractivity contribution is -0.143. The van der Waals surface area contributed by atoms with Gasteiger partial charge in [-0.15, -0.1) is 0 Å². The Hall–Kier alpha value is -3.12. The van der Waals surface area contributed by atoms with Crippen molar-refractivity contribution in [2.75, 3.05) is 13.2 Å². The molecule has 6 nitrogen and oxygen atoms in total. The number of hydrogen-bond acceptors (Lipinski definition) is 6. The second-order valence-electron chi connectivity index (χ2n) is 13.0. The van der Waals surface area contributed by atoms with E-state index in [1.165, 1.54) is 17.7 Å². The predicted octanol–water partition coefficient (Wildman–Crippen LogP) is 8.64. The van der Waals surface area contributed by atoms with Crippen molar-refractivity contribution < 1.29 is 28.5 Å². The predicted molar refractivity (Wildman–Crippen MR) is 174 cm³/mol. The molecule has 0 saturated carbocycles. The molecule has 0 fully saturated rings. The number of hydrogen-bond donors (Lipinski definition) is 0. The van der Waals surface area contributed by atoms with Gasteiger partial charge in [-0.05, 0) is 81.5 Å². The van der Waals surface area contributed by atoms with E-state index in [1.807, 2.05) is 45.0 Å². The largest absolute Gasteiger partial charge is 0.491 e. The number of benzene rings is 2. The molecule has 0 aliphatic heterocycles. The molecule has 0 aromatic heterocycles. The molecule has 0 aliphatic rings. The van der Waals surface area contributed by atoms with Crippen LogP contribution >= 0.6 is 0 Å². The van der Waals surface area contributed by atoms with Crippen molar-refractivity contribution in [3.63, 3.8) is 0 Å². The van der Waals surface area contributed by atoms with E-state index in [1.54, 1.807) is 6.92 Å². The van der Waals surface area contributed by atoms with E-state index in [4.69, 9.17) is 18.9 Å². The molecule has 2 unspecified atom stereocenters. The van der Waals surface area contributed by atoms with Crippen molar-refractivity contribution in [1.29, 1.82) is 0 Å². The summed E-state index contributed by atoms with van der Waals surface area (Å²) in [7, 11) is 0. The van der Waals surface area contributed by atoms with Gasteiger partial charge in [0, 0.05) is 16.9 Å². The van der Waals surface area contributed by atoms with Crippen LogP contribution in [0.1, 0.15) is 106 Å². The number of allylic oxidation sites excluding steroid dienone is 1. The van der Waals surface area contributed by atoms with Gasteiger partial charge in [0.15, 0.2) is 5.78 Å². The Labute approximate surface area is 260 Å². The smallest absolute Gasteiger partial charge is 0.331 e. The lowest BCUT2D eigenvalue weighted by Gasteiger charge is -2.31. The first-order chi connectivity index (χ1) is 20.2. The number of ether oxygens (including phenoxy) is 4. The first-order valence-electron chi connectivity index (χ1n) is 15.7. The van der Waals surface area contributed by atoms with Gasteiger partial charge < -0.3 is 18.9 Å². The maximum atomic E-state index is 12.3. The van der Waals surface area contributed by atoms with Gasteiger partial charge in [-0.25, -0.2) is 4.79 Å². The van der Waals surface area contributed by atoms with Gasteiger partial charge in [-0.3, -0.25) is 4.79 Å². The molecule has 43 heavy (non-hydrogen) atoms. The molecule has 2 rings (SSSR count). The van der Waals surface area contributed by atoms with Crippen LogP contribution in [0.15, 0.2) is 60.7 Å². The summed E-state index contributed by atoms with van der Waals surface area (Å²) < 4.78 is 23.5. The van der Waals surface area contributed by atoms with Crippen LogP contribution in [0.4, 0.5) is 0 Å². The molecule has 2 aromatic rings. The van der Waals surface area contributed by atoms with E-state index in [-0.39, 0.29) is 29.5 Å². The minimum Gasteiger partial charge on any atom is -0.491 e. The van der Waals surface area contributed by atoms with Crippen LogP contribution in [0.5, 0.6) is 11.5 Å². The molecular weight excluding hydrogens is 540 g/mol. The van der Waals surface area contributed by atoms with Crippen molar-refractivity contribution >= 4 is 11.8 Å². The molecule has 0 amide bonds. The van der Waals surface area contributed by atoms with Gasteiger partial charge in [0.25, 0.3) is 0 Å². The molecule has 0 radical (unpaired) electrons. The Morgan fingerprint density at radius 1 is 0.721 bits per heavy atom. The molecule has 0 bridgehead atoms. The van der Waals surface area contributed by atoms with E-state index >= 15 is 0 Å². The Morgan fingerprint density at radius 3 is 1.63 bits per heavy atom. The average molecular weight is 595 g/mol. The highest BCUT2D eigenvalue weighted by atomic mass is 16.6. The van der Waals surface area contributed by atoms with Crippen LogP contribution in [0.25, 0.3) is 0 Å². The highest BCUT2D eigenvalue weighted by Gasteiger charge is 2.26. The van der Waals surface area contributed by atoms with Crippen LogP contribution in [0, 0.1) is 5.41 Å². The van der Waals surface area contributed by atoms with E-state index < -0.39 is 17.5 Å². The summed E-state index contributed by atoms with van der Waals surface area (Å²) in [5, 5.41) is 0. The third kappa shape index (κ3) is 11.1. The SMILES string of the molecule is CCCC(C)(C)C(=O)/C=C/C(=O)OC(C)COc1ccc(C(C)(C)c2ccc(OCC(C)OC(C)(CC)CC)cc2)cc1. The average Bonchev–Trinajstić information content (AvgIpc) is 2.98. The topological polar surface area (TPSA) is 71.1 Å². The van der Waals surface area contributed by atoms with Crippen LogP contribution in [-0.2, 0) is 24.5 Å². The Morgan fingerprint density at radius 2 is 1.19 bits per heavy atom. The van der Waals surface area contributed by atoms with Crippen molar-refractivity contribution in [2.24, 2.45) is 5.41 Å². The minimum absolute atomic E-state index is 0.00672. The maximum absolute atomic E-state index is 12.3. The Bertz CT molecular complexity index is 1170. The van der Waals surface area contributed by atoms with Crippen LogP contribution < -0.4 is 9.47 Å². The lowest BCUT2D eigenvalue weighted by atomic mass is 9.78. The number of rotatable bonds is 18. The van der Waals surface area contributed by atoms with Crippen molar-refractivity contribution in [2.45, 2.75) is 118 Å². The highest BCUT2D eigenvalue weighted by molar-refractivity contribution is 5.98. The fourth-order valence-electron chi connectivity index (χ4n) is 4.85. The van der Waals surface area contributed by atoms with Gasteiger partial charge in [0.2, 0.25) is 0 Å². The monoisotopic (exact) mass is 594 g/mol. The number of esters is 1. The van der Waals surface area contributed by atoms with Crippen LogP contribution in [0.2, 0.25) is 0 Å². The molecule has 0 aliphatic carbocycles. The van der Waals surface area contributed by atoms with Gasteiger partial charge in [0.1, 0.15) is 30.8 Å². The summed E-state index contributed by atoms with van der Waals surface area (Å²) in [6.07, 6.45) is 5.67. The normalized spacial score (nSPS) is 13.9. The first kappa shape index (κ1) is 36.1. The van der Waals surface area contributed by atoms with Gasteiger partial charge in [-0.2, -0.15) is 0 Å². The van der Waals surface area contributed by atoms with Gasteiger partial charge in [-0.1, -0.05) is 79.2 Å². The molecular formula is C37H54O6. The fourth-order valence-corrected chi connectivity index (χ4v) is 4.85. The zero-order valence-electron chi connectivity index (χ0n) is 28.1. The third-order valence-electron chi connectivity index (χ3n) is 8.33. The first-order valence-corrected chi connectivity index (χ1v) is 15.7. The van der Waals surface area contributed by atoms with Crippen molar-refractivity contribution in [3.05, 3.63) is 71.8 Å².